The number of hydrogen-bond acceptors (Lipinski definition) is 4. The van der Waals surface area contributed by atoms with Gasteiger partial charge < -0.3 is 10.4 Å². The molecule has 1 saturated carbocycles. The molecule has 7 heteroatoms. The van der Waals surface area contributed by atoms with Crippen molar-refractivity contribution in [3.05, 3.63) is 40.3 Å². The summed E-state index contributed by atoms with van der Waals surface area (Å²) in [4.78, 5) is 35.4. The van der Waals surface area contributed by atoms with Gasteiger partial charge in [0.1, 0.15) is 0 Å². The van der Waals surface area contributed by atoms with Crippen molar-refractivity contribution in [2.75, 3.05) is 0 Å². The van der Waals surface area contributed by atoms with Crippen molar-refractivity contribution in [3.8, 4) is 0 Å². The molecule has 0 saturated heterocycles. The largest absolute Gasteiger partial charge is 0.481 e. The zero-order chi connectivity index (χ0) is 17.3. The fraction of sp³-hybridized carbons (Fsp3) is 0.412. The van der Waals surface area contributed by atoms with E-state index in [1.165, 1.54) is 4.68 Å². The fourth-order valence-corrected chi connectivity index (χ4v) is 3.27. The number of amides is 1. The van der Waals surface area contributed by atoms with Crippen LogP contribution in [0.1, 0.15) is 25.0 Å². The van der Waals surface area contributed by atoms with E-state index >= 15 is 0 Å². The smallest absolute Gasteiger partial charge is 0.306 e. The Morgan fingerprint density at radius 3 is 2.67 bits per heavy atom. The number of hydrogen-bond donors (Lipinski definition) is 2. The maximum atomic E-state index is 12.3. The van der Waals surface area contributed by atoms with Crippen LogP contribution in [0.3, 0.4) is 0 Å². The first-order chi connectivity index (χ1) is 11.5. The standard InChI is InChI=1S/C17H19N3O4/c1-20-16(22)13-5-3-2-4-12(13)14(19-20)9-15(21)18-11-7-6-10(8-11)17(23)24/h2-5,10-11H,6-9H2,1H3,(H,18,21)(H,23,24)/t10-,11+/m1/s1. The predicted molar refractivity (Wildman–Crippen MR) is 87.6 cm³/mol. The van der Waals surface area contributed by atoms with Crippen LogP contribution >= 0.6 is 0 Å². The number of aliphatic carboxylic acids is 1. The number of carboxylic acids is 1. The van der Waals surface area contributed by atoms with Crippen molar-refractivity contribution in [2.45, 2.75) is 31.7 Å². The molecule has 1 aromatic heterocycles. The molecule has 0 aliphatic heterocycles. The normalized spacial score (nSPS) is 20.2. The molecule has 1 aliphatic carbocycles. The first-order valence-corrected chi connectivity index (χ1v) is 7.93. The van der Waals surface area contributed by atoms with Crippen molar-refractivity contribution in [1.29, 1.82) is 0 Å². The molecule has 3 rings (SSSR count). The zero-order valence-corrected chi connectivity index (χ0v) is 13.4. The van der Waals surface area contributed by atoms with Crippen molar-refractivity contribution in [2.24, 2.45) is 13.0 Å². The minimum Gasteiger partial charge on any atom is -0.481 e. The van der Waals surface area contributed by atoms with Crippen molar-refractivity contribution in [1.82, 2.24) is 15.1 Å². The number of carbonyl (C=O) groups is 2. The lowest BCUT2D eigenvalue weighted by atomic mass is 10.1. The Hall–Kier alpha value is -2.70. The maximum absolute atomic E-state index is 12.3. The first-order valence-electron chi connectivity index (χ1n) is 7.93. The fourth-order valence-electron chi connectivity index (χ4n) is 3.27. The van der Waals surface area contributed by atoms with Crippen LogP contribution in [0.4, 0.5) is 0 Å². The molecule has 0 spiro atoms. The third kappa shape index (κ3) is 3.15. The van der Waals surface area contributed by atoms with Crippen LogP contribution in [0, 0.1) is 5.92 Å². The van der Waals surface area contributed by atoms with Crippen LogP contribution in [-0.4, -0.2) is 32.8 Å². The molecule has 0 unspecified atom stereocenters. The van der Waals surface area contributed by atoms with Gasteiger partial charge in [0, 0.05) is 18.5 Å². The molecule has 2 N–H and O–H groups in total. The van der Waals surface area contributed by atoms with Crippen molar-refractivity contribution < 1.29 is 14.7 Å². The lowest BCUT2D eigenvalue weighted by Crippen LogP contribution is -2.35. The number of rotatable bonds is 4. The summed E-state index contributed by atoms with van der Waals surface area (Å²) in [5, 5.41) is 17.3. The monoisotopic (exact) mass is 329 g/mol. The number of nitrogens with one attached hydrogen (secondary N) is 1. The van der Waals surface area contributed by atoms with Gasteiger partial charge in [-0.3, -0.25) is 14.4 Å². The van der Waals surface area contributed by atoms with E-state index < -0.39 is 5.97 Å². The lowest BCUT2D eigenvalue weighted by Gasteiger charge is -2.13. The molecule has 1 aromatic carbocycles. The molecule has 0 bridgehead atoms. The molecule has 1 heterocycles. The summed E-state index contributed by atoms with van der Waals surface area (Å²) in [7, 11) is 1.56. The summed E-state index contributed by atoms with van der Waals surface area (Å²) in [6, 6.07) is 6.96. The van der Waals surface area contributed by atoms with Gasteiger partial charge in [-0.1, -0.05) is 18.2 Å². The Labute approximate surface area is 138 Å². The Bertz CT molecular complexity index is 859. The molecule has 24 heavy (non-hydrogen) atoms. The van der Waals surface area contributed by atoms with Crippen molar-refractivity contribution in [3.63, 3.8) is 0 Å². The highest BCUT2D eigenvalue weighted by molar-refractivity contribution is 5.88. The van der Waals surface area contributed by atoms with E-state index in [-0.39, 0.29) is 29.8 Å². The number of carbonyl (C=O) groups excluding carboxylic acids is 1. The lowest BCUT2D eigenvalue weighted by molar-refractivity contribution is -0.141. The van der Waals surface area contributed by atoms with Gasteiger partial charge in [-0.2, -0.15) is 5.10 Å². The van der Waals surface area contributed by atoms with Gasteiger partial charge >= 0.3 is 5.97 Å². The van der Waals surface area contributed by atoms with Gasteiger partial charge in [0.15, 0.2) is 0 Å². The van der Waals surface area contributed by atoms with E-state index in [1.54, 1.807) is 31.3 Å². The highest BCUT2D eigenvalue weighted by atomic mass is 16.4. The van der Waals surface area contributed by atoms with Crippen LogP contribution in [0.15, 0.2) is 29.1 Å². The summed E-state index contributed by atoms with van der Waals surface area (Å²) in [5.74, 6) is -1.40. The third-order valence-corrected chi connectivity index (χ3v) is 4.51. The number of nitrogens with zero attached hydrogens (tertiary/aromatic N) is 2. The average Bonchev–Trinajstić information content (AvgIpc) is 3.01. The maximum Gasteiger partial charge on any atom is 0.306 e. The molecule has 2 atom stereocenters. The highest BCUT2D eigenvalue weighted by Crippen LogP contribution is 2.25. The van der Waals surface area contributed by atoms with Crippen LogP contribution < -0.4 is 10.9 Å². The minimum absolute atomic E-state index is 0.0584. The molecule has 1 amide bonds. The van der Waals surface area contributed by atoms with Gasteiger partial charge in [0.05, 0.1) is 23.4 Å². The highest BCUT2D eigenvalue weighted by Gasteiger charge is 2.30. The molecule has 7 nitrogen and oxygen atoms in total. The van der Waals surface area contributed by atoms with Gasteiger partial charge in [0.2, 0.25) is 5.91 Å². The Morgan fingerprint density at radius 1 is 1.29 bits per heavy atom. The van der Waals surface area contributed by atoms with E-state index in [0.29, 0.717) is 35.7 Å². The summed E-state index contributed by atoms with van der Waals surface area (Å²) >= 11 is 0. The second kappa shape index (κ2) is 6.43. The second-order valence-electron chi connectivity index (χ2n) is 6.21. The van der Waals surface area contributed by atoms with E-state index in [4.69, 9.17) is 5.11 Å². The zero-order valence-electron chi connectivity index (χ0n) is 13.4. The number of carboxylic acid groups (broad SMARTS) is 1. The minimum atomic E-state index is -0.808. The number of benzene rings is 1. The van der Waals surface area contributed by atoms with Crippen LogP contribution in [0.25, 0.3) is 10.8 Å². The van der Waals surface area contributed by atoms with Crippen LogP contribution in [0.5, 0.6) is 0 Å². The number of aryl methyl sites for hydroxylation is 1. The summed E-state index contributed by atoms with van der Waals surface area (Å²) < 4.78 is 1.24. The van der Waals surface area contributed by atoms with E-state index in [0.717, 1.165) is 0 Å². The molecular formula is C17H19N3O4. The summed E-state index contributed by atoms with van der Waals surface area (Å²) in [6.07, 6.45) is 1.77. The SMILES string of the molecule is Cn1nc(CC(=O)N[C@H]2CC[C@@H](C(=O)O)C2)c2ccccc2c1=O. The van der Waals surface area contributed by atoms with E-state index in [2.05, 4.69) is 10.4 Å². The van der Waals surface area contributed by atoms with Crippen LogP contribution in [0.2, 0.25) is 0 Å². The van der Waals surface area contributed by atoms with Gasteiger partial charge in [-0.05, 0) is 25.3 Å². The molecule has 126 valence electrons. The molecule has 1 aliphatic rings. The topological polar surface area (TPSA) is 101 Å². The predicted octanol–water partition coefficient (Wildman–Crippen LogP) is 0.845. The number of fused-ring (bicyclic) bond motifs is 1. The Balaban J connectivity index is 1.76. The summed E-state index contributed by atoms with van der Waals surface area (Å²) in [6.45, 7) is 0. The van der Waals surface area contributed by atoms with Crippen LogP contribution in [-0.2, 0) is 23.1 Å². The van der Waals surface area contributed by atoms with Gasteiger partial charge in [0.25, 0.3) is 5.56 Å². The van der Waals surface area contributed by atoms with Crippen molar-refractivity contribution >= 4 is 22.6 Å². The Morgan fingerprint density at radius 2 is 2.00 bits per heavy atom. The van der Waals surface area contributed by atoms with E-state index in [1.807, 2.05) is 0 Å². The molecule has 1 fully saturated rings. The molecule has 2 aromatic rings. The van der Waals surface area contributed by atoms with Gasteiger partial charge in [-0.25, -0.2) is 4.68 Å². The summed E-state index contributed by atoms with van der Waals surface area (Å²) in [5.41, 5.74) is 0.341. The average molecular weight is 329 g/mol. The second-order valence-corrected chi connectivity index (χ2v) is 6.21. The third-order valence-electron chi connectivity index (χ3n) is 4.51. The Kier molecular flexibility index (Phi) is 4.33. The van der Waals surface area contributed by atoms with Gasteiger partial charge in [-0.15, -0.1) is 0 Å². The van der Waals surface area contributed by atoms with E-state index in [9.17, 15) is 14.4 Å². The quantitative estimate of drug-likeness (QED) is 0.866. The molecule has 0 radical (unpaired) electrons. The molecular weight excluding hydrogens is 310 g/mol. The first kappa shape index (κ1) is 16.2. The number of aromatic nitrogens is 2.